The van der Waals surface area contributed by atoms with Gasteiger partial charge in [-0.2, -0.15) is 0 Å². The molecule has 1 amide bonds. The number of benzene rings is 4. The molecule has 1 unspecified atom stereocenters. The fourth-order valence-electron chi connectivity index (χ4n) is 4.06. The van der Waals surface area contributed by atoms with Crippen molar-refractivity contribution in [3.05, 3.63) is 126 Å². The van der Waals surface area contributed by atoms with Crippen LogP contribution in [-0.4, -0.2) is 10.8 Å². The van der Waals surface area contributed by atoms with Crippen LogP contribution in [-0.2, 0) is 11.3 Å². The summed E-state index contributed by atoms with van der Waals surface area (Å²) >= 11 is 0. The van der Waals surface area contributed by atoms with Crippen LogP contribution in [0.4, 0.5) is 0 Å². The smallest absolute Gasteiger partial charge is 0.255 e. The summed E-state index contributed by atoms with van der Waals surface area (Å²) in [4.78, 5) is 15.4. The number of hydrogen-bond acceptors (Lipinski definition) is 1. The van der Waals surface area contributed by atoms with Gasteiger partial charge < -0.3 is 4.90 Å². The number of nitrogens with zero attached hydrogens (tertiary/aromatic N) is 1. The summed E-state index contributed by atoms with van der Waals surface area (Å²) in [6.45, 7) is 0.587. The Labute approximate surface area is 170 Å². The van der Waals surface area contributed by atoms with E-state index in [2.05, 4.69) is 60.7 Å². The first-order valence-corrected chi connectivity index (χ1v) is 9.90. The Balaban J connectivity index is 1.59. The summed E-state index contributed by atoms with van der Waals surface area (Å²) in [5.74, 6) is 0.0817. The maximum absolute atomic E-state index is 13.4. The minimum Gasteiger partial charge on any atom is -0.324 e. The van der Waals surface area contributed by atoms with E-state index < -0.39 is 0 Å². The molecule has 0 N–H and O–H groups in total. The van der Waals surface area contributed by atoms with Crippen LogP contribution in [0.25, 0.3) is 16.3 Å². The lowest BCUT2D eigenvalue weighted by Gasteiger charge is -2.26. The van der Waals surface area contributed by atoms with Crippen LogP contribution in [0.3, 0.4) is 0 Å². The predicted molar refractivity (Wildman–Crippen MR) is 118 cm³/mol. The topological polar surface area (TPSA) is 20.3 Å². The molecule has 0 aromatic heterocycles. The molecular formula is C27H21NO. The van der Waals surface area contributed by atoms with E-state index in [4.69, 9.17) is 0 Å². The van der Waals surface area contributed by atoms with Crippen molar-refractivity contribution in [3.63, 3.8) is 0 Å². The molecule has 0 fully saturated rings. The van der Waals surface area contributed by atoms with Gasteiger partial charge in [-0.15, -0.1) is 0 Å². The largest absolute Gasteiger partial charge is 0.324 e. The molecule has 0 saturated heterocycles. The van der Waals surface area contributed by atoms with Gasteiger partial charge in [0.1, 0.15) is 0 Å². The molecule has 29 heavy (non-hydrogen) atoms. The first-order chi connectivity index (χ1) is 14.3. The third kappa shape index (κ3) is 3.34. The molecule has 0 radical (unpaired) electrons. The van der Waals surface area contributed by atoms with E-state index in [0.717, 1.165) is 22.3 Å². The second-order valence-corrected chi connectivity index (χ2v) is 7.42. The Hall–Kier alpha value is -3.65. The van der Waals surface area contributed by atoms with Gasteiger partial charge in [0.05, 0.1) is 6.04 Å². The van der Waals surface area contributed by atoms with E-state index in [1.807, 2.05) is 53.4 Å². The summed E-state index contributed by atoms with van der Waals surface area (Å²) in [5, 5.41) is 2.40. The molecule has 1 heterocycles. The highest BCUT2D eigenvalue weighted by Crippen LogP contribution is 2.37. The SMILES string of the molecule is O=C1C(c2ccccc2)=CC(c2ccc3ccccc3c2)N1Cc1ccccc1. The van der Waals surface area contributed by atoms with Crippen molar-refractivity contribution in [1.29, 1.82) is 0 Å². The number of carbonyl (C=O) groups is 1. The predicted octanol–water partition coefficient (Wildman–Crippen LogP) is 6.01. The summed E-state index contributed by atoms with van der Waals surface area (Å²) in [6, 6.07) is 34.9. The van der Waals surface area contributed by atoms with Crippen molar-refractivity contribution in [3.8, 4) is 0 Å². The molecule has 0 saturated carbocycles. The van der Waals surface area contributed by atoms with Crippen molar-refractivity contribution in [1.82, 2.24) is 4.90 Å². The molecule has 1 aliphatic rings. The molecule has 4 aromatic carbocycles. The Kier molecular flexibility index (Phi) is 4.45. The Morgan fingerprint density at radius 2 is 1.34 bits per heavy atom. The quantitative estimate of drug-likeness (QED) is 0.428. The number of rotatable bonds is 4. The molecule has 1 atom stereocenters. The standard InChI is InChI=1S/C27H21NO/c29-27-25(22-12-5-2-6-13-22)18-26(28(27)19-20-9-3-1-4-10-20)24-16-15-21-11-7-8-14-23(21)17-24/h1-18,26H,19H2. The molecular weight excluding hydrogens is 354 g/mol. The van der Waals surface area contributed by atoms with Gasteiger partial charge in [-0.1, -0.05) is 97.1 Å². The van der Waals surface area contributed by atoms with Crippen molar-refractivity contribution < 1.29 is 4.79 Å². The lowest BCUT2D eigenvalue weighted by Crippen LogP contribution is -2.29. The van der Waals surface area contributed by atoms with Crippen LogP contribution >= 0.6 is 0 Å². The van der Waals surface area contributed by atoms with Gasteiger partial charge in [0.25, 0.3) is 5.91 Å². The second-order valence-electron chi connectivity index (χ2n) is 7.42. The molecule has 140 valence electrons. The maximum Gasteiger partial charge on any atom is 0.255 e. The first kappa shape index (κ1) is 17.4. The van der Waals surface area contributed by atoms with E-state index in [9.17, 15) is 4.79 Å². The van der Waals surface area contributed by atoms with Gasteiger partial charge in [-0.05, 0) is 39.6 Å². The number of carbonyl (C=O) groups excluding carboxylic acids is 1. The summed E-state index contributed by atoms with van der Waals surface area (Å²) in [6.07, 6.45) is 2.12. The lowest BCUT2D eigenvalue weighted by molar-refractivity contribution is -0.125. The fraction of sp³-hybridized carbons (Fsp3) is 0.0741. The van der Waals surface area contributed by atoms with Gasteiger partial charge in [-0.3, -0.25) is 4.79 Å². The normalized spacial score (nSPS) is 16.3. The minimum absolute atomic E-state index is 0.0810. The van der Waals surface area contributed by atoms with E-state index in [1.54, 1.807) is 0 Å². The number of amides is 1. The van der Waals surface area contributed by atoms with Crippen molar-refractivity contribution in [2.75, 3.05) is 0 Å². The van der Waals surface area contributed by atoms with Gasteiger partial charge in [0.2, 0.25) is 0 Å². The van der Waals surface area contributed by atoms with E-state index in [1.165, 1.54) is 10.8 Å². The summed E-state index contributed by atoms with van der Waals surface area (Å²) in [5.41, 5.74) is 4.02. The highest BCUT2D eigenvalue weighted by molar-refractivity contribution is 6.21. The zero-order chi connectivity index (χ0) is 19.6. The van der Waals surface area contributed by atoms with Crippen LogP contribution in [0.2, 0.25) is 0 Å². The minimum atomic E-state index is -0.0810. The van der Waals surface area contributed by atoms with Gasteiger partial charge in [0.15, 0.2) is 0 Å². The second kappa shape index (κ2) is 7.40. The number of fused-ring (bicyclic) bond motifs is 1. The van der Waals surface area contributed by atoms with Gasteiger partial charge in [-0.25, -0.2) is 0 Å². The highest BCUT2D eigenvalue weighted by atomic mass is 16.2. The summed E-state index contributed by atoms with van der Waals surface area (Å²) < 4.78 is 0. The molecule has 0 spiro atoms. The van der Waals surface area contributed by atoms with Crippen LogP contribution in [0.5, 0.6) is 0 Å². The highest BCUT2D eigenvalue weighted by Gasteiger charge is 2.33. The summed E-state index contributed by atoms with van der Waals surface area (Å²) in [7, 11) is 0. The van der Waals surface area contributed by atoms with Crippen LogP contribution in [0, 0.1) is 0 Å². The Bertz CT molecular complexity index is 1190. The number of hydrogen-bond donors (Lipinski definition) is 0. The third-order valence-corrected chi connectivity index (χ3v) is 5.55. The van der Waals surface area contributed by atoms with E-state index >= 15 is 0 Å². The zero-order valence-corrected chi connectivity index (χ0v) is 16.0. The zero-order valence-electron chi connectivity index (χ0n) is 16.0. The average molecular weight is 375 g/mol. The average Bonchev–Trinajstić information content (AvgIpc) is 3.11. The first-order valence-electron chi connectivity index (χ1n) is 9.90. The van der Waals surface area contributed by atoms with Gasteiger partial charge >= 0.3 is 0 Å². The molecule has 4 aromatic rings. The monoisotopic (exact) mass is 375 g/mol. The molecule has 2 nitrogen and oxygen atoms in total. The van der Waals surface area contributed by atoms with Gasteiger partial charge in [0, 0.05) is 12.1 Å². The lowest BCUT2D eigenvalue weighted by atomic mass is 10.00. The fourth-order valence-corrected chi connectivity index (χ4v) is 4.06. The van der Waals surface area contributed by atoms with Crippen LogP contribution in [0.15, 0.2) is 109 Å². The van der Waals surface area contributed by atoms with Crippen molar-refractivity contribution in [2.45, 2.75) is 12.6 Å². The molecule has 0 bridgehead atoms. The molecule has 5 rings (SSSR count). The molecule has 1 aliphatic heterocycles. The van der Waals surface area contributed by atoms with Crippen LogP contribution < -0.4 is 0 Å². The molecule has 0 aliphatic carbocycles. The maximum atomic E-state index is 13.4. The third-order valence-electron chi connectivity index (χ3n) is 5.55. The Morgan fingerprint density at radius 1 is 0.690 bits per heavy atom. The van der Waals surface area contributed by atoms with E-state index in [-0.39, 0.29) is 11.9 Å². The molecule has 2 heteroatoms. The van der Waals surface area contributed by atoms with Crippen LogP contribution in [0.1, 0.15) is 22.7 Å². The van der Waals surface area contributed by atoms with Crippen molar-refractivity contribution in [2.24, 2.45) is 0 Å². The van der Waals surface area contributed by atoms with Crippen molar-refractivity contribution >= 4 is 22.3 Å². The Morgan fingerprint density at radius 3 is 2.10 bits per heavy atom. The van der Waals surface area contributed by atoms with E-state index in [0.29, 0.717) is 6.54 Å².